The highest BCUT2D eigenvalue weighted by Gasteiger charge is 2.25. The van der Waals surface area contributed by atoms with E-state index >= 15 is 0 Å². The van der Waals surface area contributed by atoms with Gasteiger partial charge in [-0.1, -0.05) is 44.7 Å². The zero-order valence-electron chi connectivity index (χ0n) is 10.2. The van der Waals surface area contributed by atoms with Crippen LogP contribution in [0.25, 0.3) is 0 Å². The van der Waals surface area contributed by atoms with Gasteiger partial charge in [0.2, 0.25) is 0 Å². The van der Waals surface area contributed by atoms with E-state index in [0.29, 0.717) is 6.04 Å². The Bertz CT molecular complexity index is 405. The minimum atomic E-state index is 0.161. The maximum Gasteiger partial charge on any atom is 0.254 e. The zero-order valence-corrected chi connectivity index (χ0v) is 13.4. The molecule has 18 heavy (non-hydrogen) atoms. The van der Waals surface area contributed by atoms with Crippen molar-refractivity contribution in [3.05, 3.63) is 34.3 Å². The second kappa shape index (κ2) is 6.71. The van der Waals surface area contributed by atoms with Crippen LogP contribution in [-0.2, 0) is 0 Å². The van der Waals surface area contributed by atoms with Crippen molar-refractivity contribution in [2.24, 2.45) is 0 Å². The molecule has 0 N–H and O–H groups in total. The number of nitrogens with zero attached hydrogens (tertiary/aromatic N) is 1. The van der Waals surface area contributed by atoms with Gasteiger partial charge in [0.25, 0.3) is 5.91 Å². The fraction of sp³-hybridized carbons (Fsp3) is 0.500. The van der Waals surface area contributed by atoms with Gasteiger partial charge in [-0.05, 0) is 37.1 Å². The van der Waals surface area contributed by atoms with Crippen molar-refractivity contribution in [1.29, 1.82) is 0 Å². The number of likely N-dealkylation sites (tertiary alicyclic amines) is 1. The Morgan fingerprint density at radius 1 is 1.22 bits per heavy atom. The van der Waals surface area contributed by atoms with Crippen molar-refractivity contribution in [3.8, 4) is 0 Å². The number of rotatable bonds is 2. The predicted octanol–water partition coefficient (Wildman–Crippen LogP) is 4.23. The lowest BCUT2D eigenvalue weighted by Gasteiger charge is -2.28. The van der Waals surface area contributed by atoms with Crippen LogP contribution in [0.4, 0.5) is 0 Å². The predicted molar refractivity (Wildman–Crippen MR) is 81.2 cm³/mol. The van der Waals surface area contributed by atoms with E-state index in [0.717, 1.165) is 34.8 Å². The lowest BCUT2D eigenvalue weighted by molar-refractivity contribution is 0.0702. The first kappa shape index (κ1) is 14.1. The molecule has 1 unspecified atom stereocenters. The molecule has 0 spiro atoms. The summed E-state index contributed by atoms with van der Waals surface area (Å²) in [4.78, 5) is 14.6. The van der Waals surface area contributed by atoms with Crippen molar-refractivity contribution in [3.63, 3.8) is 0 Å². The summed E-state index contributed by atoms with van der Waals surface area (Å²) < 4.78 is 1.01. The van der Waals surface area contributed by atoms with Crippen molar-refractivity contribution in [1.82, 2.24) is 4.90 Å². The van der Waals surface area contributed by atoms with Crippen LogP contribution in [0.2, 0.25) is 0 Å². The molecule has 0 aliphatic carbocycles. The molecule has 0 bridgehead atoms. The Morgan fingerprint density at radius 3 is 2.61 bits per heavy atom. The molecule has 1 amide bonds. The molecule has 0 radical (unpaired) electrons. The van der Waals surface area contributed by atoms with Crippen LogP contribution in [0.1, 0.15) is 36.0 Å². The molecule has 2 rings (SSSR count). The minimum absolute atomic E-state index is 0.161. The van der Waals surface area contributed by atoms with Gasteiger partial charge in [-0.3, -0.25) is 4.79 Å². The molecule has 1 aromatic rings. The normalized spacial score (nSPS) is 20.6. The second-order valence-electron chi connectivity index (χ2n) is 4.66. The van der Waals surface area contributed by atoms with Crippen molar-refractivity contribution >= 4 is 37.8 Å². The molecule has 1 fully saturated rings. The molecule has 1 aliphatic rings. The number of carbonyl (C=O) groups excluding carboxylic acids is 1. The van der Waals surface area contributed by atoms with E-state index in [2.05, 4.69) is 31.9 Å². The third-order valence-corrected chi connectivity index (χ3v) is 4.68. The van der Waals surface area contributed by atoms with Gasteiger partial charge in [-0.15, -0.1) is 0 Å². The van der Waals surface area contributed by atoms with Gasteiger partial charge in [-0.2, -0.15) is 0 Å². The van der Waals surface area contributed by atoms with Crippen LogP contribution in [0.5, 0.6) is 0 Å². The summed E-state index contributed by atoms with van der Waals surface area (Å²) >= 11 is 6.93. The lowest BCUT2D eigenvalue weighted by Crippen LogP contribution is -2.41. The Kier molecular flexibility index (Phi) is 5.25. The standard InChI is InChI=1S/C14H17Br2NO/c15-10-13-4-2-1-3-9-17(13)14(18)11-5-7-12(16)8-6-11/h5-8,13H,1-4,9-10H2. The molecule has 1 aliphatic heterocycles. The third kappa shape index (κ3) is 3.35. The Balaban J connectivity index is 2.17. The number of alkyl halides is 1. The second-order valence-corrected chi connectivity index (χ2v) is 6.23. The highest BCUT2D eigenvalue weighted by Crippen LogP contribution is 2.21. The molecular formula is C14H17Br2NO. The van der Waals surface area contributed by atoms with Crippen molar-refractivity contribution < 1.29 is 4.79 Å². The first-order chi connectivity index (χ1) is 8.72. The molecule has 1 heterocycles. The Hall–Kier alpha value is -0.350. The number of benzene rings is 1. The lowest BCUT2D eigenvalue weighted by atomic mass is 10.1. The maximum atomic E-state index is 12.5. The number of carbonyl (C=O) groups is 1. The Labute approximate surface area is 125 Å². The molecule has 2 nitrogen and oxygen atoms in total. The van der Waals surface area contributed by atoms with Crippen molar-refractivity contribution in [2.45, 2.75) is 31.7 Å². The zero-order chi connectivity index (χ0) is 13.0. The van der Waals surface area contributed by atoms with Gasteiger partial charge in [0.15, 0.2) is 0 Å². The van der Waals surface area contributed by atoms with Gasteiger partial charge in [0, 0.05) is 28.0 Å². The average molecular weight is 375 g/mol. The van der Waals surface area contributed by atoms with Crippen LogP contribution in [0.15, 0.2) is 28.7 Å². The van der Waals surface area contributed by atoms with E-state index in [1.54, 1.807) is 0 Å². The molecule has 0 aromatic heterocycles. The number of hydrogen-bond donors (Lipinski definition) is 0. The van der Waals surface area contributed by atoms with Crippen LogP contribution in [0.3, 0.4) is 0 Å². The summed E-state index contributed by atoms with van der Waals surface area (Å²) in [6.45, 7) is 0.880. The van der Waals surface area contributed by atoms with E-state index in [4.69, 9.17) is 0 Å². The summed E-state index contributed by atoms with van der Waals surface area (Å²) in [7, 11) is 0. The molecule has 1 atom stereocenters. The monoisotopic (exact) mass is 373 g/mol. The van der Waals surface area contributed by atoms with E-state index in [1.165, 1.54) is 12.8 Å². The molecule has 98 valence electrons. The topological polar surface area (TPSA) is 20.3 Å². The van der Waals surface area contributed by atoms with Gasteiger partial charge in [0.1, 0.15) is 0 Å². The summed E-state index contributed by atoms with van der Waals surface area (Å²) in [6.07, 6.45) is 4.67. The van der Waals surface area contributed by atoms with Crippen LogP contribution >= 0.6 is 31.9 Å². The fourth-order valence-electron chi connectivity index (χ4n) is 2.36. The molecular weight excluding hydrogens is 358 g/mol. The maximum absolute atomic E-state index is 12.5. The first-order valence-electron chi connectivity index (χ1n) is 6.35. The molecule has 0 saturated carbocycles. The molecule has 1 saturated heterocycles. The SMILES string of the molecule is O=C(c1ccc(Br)cc1)N1CCCCCC1CBr. The van der Waals surface area contributed by atoms with E-state index in [9.17, 15) is 4.79 Å². The summed E-state index contributed by atoms with van der Waals surface area (Å²) in [5, 5.41) is 0.870. The van der Waals surface area contributed by atoms with E-state index < -0.39 is 0 Å². The molecule has 4 heteroatoms. The van der Waals surface area contributed by atoms with E-state index in [-0.39, 0.29) is 5.91 Å². The van der Waals surface area contributed by atoms with Gasteiger partial charge < -0.3 is 4.90 Å². The number of amides is 1. The number of halogens is 2. The highest BCUT2D eigenvalue weighted by molar-refractivity contribution is 9.10. The first-order valence-corrected chi connectivity index (χ1v) is 8.26. The fourth-order valence-corrected chi connectivity index (χ4v) is 3.30. The summed E-state index contributed by atoms with van der Waals surface area (Å²) in [5.41, 5.74) is 0.783. The number of hydrogen-bond acceptors (Lipinski definition) is 1. The van der Waals surface area contributed by atoms with Crippen LogP contribution in [0, 0.1) is 0 Å². The average Bonchev–Trinajstić information content (AvgIpc) is 2.63. The summed E-state index contributed by atoms with van der Waals surface area (Å²) in [6, 6.07) is 7.97. The van der Waals surface area contributed by atoms with Gasteiger partial charge in [-0.25, -0.2) is 0 Å². The van der Waals surface area contributed by atoms with Crippen molar-refractivity contribution in [2.75, 3.05) is 11.9 Å². The van der Waals surface area contributed by atoms with Crippen LogP contribution in [-0.4, -0.2) is 28.7 Å². The minimum Gasteiger partial charge on any atom is -0.335 e. The van der Waals surface area contributed by atoms with Gasteiger partial charge in [0.05, 0.1) is 0 Å². The van der Waals surface area contributed by atoms with Crippen LogP contribution < -0.4 is 0 Å². The largest absolute Gasteiger partial charge is 0.335 e. The van der Waals surface area contributed by atoms with E-state index in [1.807, 2.05) is 29.2 Å². The van der Waals surface area contributed by atoms with Gasteiger partial charge >= 0.3 is 0 Å². The smallest absolute Gasteiger partial charge is 0.254 e. The quantitative estimate of drug-likeness (QED) is 0.709. The highest BCUT2D eigenvalue weighted by atomic mass is 79.9. The Morgan fingerprint density at radius 2 is 1.94 bits per heavy atom. The summed E-state index contributed by atoms with van der Waals surface area (Å²) in [5.74, 6) is 0.161. The third-order valence-electron chi connectivity index (χ3n) is 3.41. The molecule has 1 aromatic carbocycles.